The number of carbonyl (C=O) groups excluding carboxylic acids is 2. The molecule has 2 aliphatic heterocycles. The molecule has 0 bridgehead atoms. The summed E-state index contributed by atoms with van der Waals surface area (Å²) in [6.45, 7) is 6.51. The summed E-state index contributed by atoms with van der Waals surface area (Å²) in [5.74, 6) is 0.559. The van der Waals surface area contributed by atoms with Crippen LogP contribution in [-0.4, -0.2) is 58.9 Å². The van der Waals surface area contributed by atoms with Crippen molar-refractivity contribution in [3.8, 4) is 0 Å². The fourth-order valence-electron chi connectivity index (χ4n) is 4.42. The predicted molar refractivity (Wildman–Crippen MR) is 103 cm³/mol. The van der Waals surface area contributed by atoms with Gasteiger partial charge >= 0.3 is 6.03 Å². The quantitative estimate of drug-likeness (QED) is 0.891. The van der Waals surface area contributed by atoms with Crippen LogP contribution >= 0.6 is 0 Å². The molecule has 1 unspecified atom stereocenters. The monoisotopic (exact) mass is 364 g/mol. The van der Waals surface area contributed by atoms with Gasteiger partial charge in [-0.1, -0.05) is 11.6 Å². The first-order chi connectivity index (χ1) is 13.0. The number of aromatic nitrogens is 1. The Morgan fingerprint density at radius 2 is 2.00 bits per heavy atom. The zero-order valence-electron chi connectivity index (χ0n) is 15.8. The van der Waals surface area contributed by atoms with Crippen LogP contribution in [0.2, 0.25) is 0 Å². The van der Waals surface area contributed by atoms with Crippen molar-refractivity contribution < 1.29 is 9.59 Å². The molecule has 1 N–H and O–H groups in total. The number of benzene rings is 1. The van der Waals surface area contributed by atoms with Gasteiger partial charge in [-0.3, -0.25) is 9.78 Å². The van der Waals surface area contributed by atoms with Crippen molar-refractivity contribution >= 4 is 22.8 Å². The third kappa shape index (κ3) is 2.74. The summed E-state index contributed by atoms with van der Waals surface area (Å²) in [7, 11) is 0. The Hall–Kier alpha value is -2.63. The average Bonchev–Trinajstić information content (AvgIpc) is 3.44. The van der Waals surface area contributed by atoms with Crippen LogP contribution in [0.25, 0.3) is 10.9 Å². The number of amides is 3. The molecular weight excluding hydrogens is 340 g/mol. The lowest BCUT2D eigenvalue weighted by Crippen LogP contribution is -2.53. The number of rotatable bonds is 2. The first-order valence-corrected chi connectivity index (χ1v) is 9.77. The molecular formula is C21H24N4O2. The van der Waals surface area contributed by atoms with E-state index in [4.69, 9.17) is 4.98 Å². The van der Waals surface area contributed by atoms with Gasteiger partial charge in [0.25, 0.3) is 5.91 Å². The zero-order chi connectivity index (χ0) is 18.7. The van der Waals surface area contributed by atoms with Gasteiger partial charge in [0.15, 0.2) is 0 Å². The Kier molecular flexibility index (Phi) is 3.64. The fourth-order valence-corrected chi connectivity index (χ4v) is 4.42. The molecule has 3 amide bonds. The fraction of sp³-hybridized carbons (Fsp3) is 0.476. The third-order valence-electron chi connectivity index (χ3n) is 6.01. The van der Waals surface area contributed by atoms with E-state index in [2.05, 4.69) is 31.3 Å². The Morgan fingerprint density at radius 1 is 1.19 bits per heavy atom. The van der Waals surface area contributed by atoms with E-state index in [0.717, 1.165) is 46.1 Å². The summed E-state index contributed by atoms with van der Waals surface area (Å²) in [6.07, 6.45) is 2.32. The molecule has 140 valence electrons. The molecule has 1 aromatic heterocycles. The highest BCUT2D eigenvalue weighted by molar-refractivity contribution is 6.07. The Balaban J connectivity index is 1.55. The minimum Gasteiger partial charge on any atom is -0.336 e. The molecule has 0 spiro atoms. The molecule has 2 saturated heterocycles. The van der Waals surface area contributed by atoms with Crippen molar-refractivity contribution in [3.05, 3.63) is 40.6 Å². The smallest absolute Gasteiger partial charge is 0.317 e. The van der Waals surface area contributed by atoms with Gasteiger partial charge in [0.05, 0.1) is 17.1 Å². The molecule has 27 heavy (non-hydrogen) atoms. The maximum absolute atomic E-state index is 13.5. The second-order valence-corrected chi connectivity index (χ2v) is 8.13. The number of hydrogen-bond donors (Lipinski definition) is 1. The van der Waals surface area contributed by atoms with Crippen LogP contribution in [0.4, 0.5) is 4.79 Å². The summed E-state index contributed by atoms with van der Waals surface area (Å²) in [5, 5.41) is 3.83. The number of fused-ring (bicyclic) bond motifs is 2. The number of piperazine rings is 1. The first kappa shape index (κ1) is 16.5. The molecule has 1 atom stereocenters. The lowest BCUT2D eigenvalue weighted by atomic mass is 9.99. The number of hydrogen-bond acceptors (Lipinski definition) is 3. The second-order valence-electron chi connectivity index (χ2n) is 8.13. The Morgan fingerprint density at radius 3 is 2.78 bits per heavy atom. The highest BCUT2D eigenvalue weighted by atomic mass is 16.2. The van der Waals surface area contributed by atoms with E-state index in [9.17, 15) is 9.59 Å². The number of carbonyl (C=O) groups is 2. The summed E-state index contributed by atoms with van der Waals surface area (Å²) in [6, 6.07) is 6.30. The van der Waals surface area contributed by atoms with E-state index >= 15 is 0 Å². The normalized spacial score (nSPS) is 22.1. The van der Waals surface area contributed by atoms with E-state index < -0.39 is 0 Å². The number of pyridine rings is 1. The van der Waals surface area contributed by atoms with Crippen molar-refractivity contribution in [2.24, 2.45) is 0 Å². The summed E-state index contributed by atoms with van der Waals surface area (Å²) in [5.41, 5.74) is 5.03. The van der Waals surface area contributed by atoms with Gasteiger partial charge in [0.1, 0.15) is 0 Å². The molecule has 1 saturated carbocycles. The predicted octanol–water partition coefficient (Wildman–Crippen LogP) is 2.58. The van der Waals surface area contributed by atoms with Gasteiger partial charge in [0, 0.05) is 43.2 Å². The number of urea groups is 1. The van der Waals surface area contributed by atoms with Crippen molar-refractivity contribution in [2.45, 2.75) is 38.6 Å². The minimum atomic E-state index is -0.0104. The molecule has 1 aromatic carbocycles. The van der Waals surface area contributed by atoms with E-state index in [1.807, 2.05) is 15.9 Å². The van der Waals surface area contributed by atoms with Gasteiger partial charge in [-0.15, -0.1) is 0 Å². The van der Waals surface area contributed by atoms with Crippen LogP contribution in [0.15, 0.2) is 18.2 Å². The third-order valence-corrected chi connectivity index (χ3v) is 6.01. The topological polar surface area (TPSA) is 65.5 Å². The van der Waals surface area contributed by atoms with Gasteiger partial charge < -0.3 is 15.1 Å². The largest absolute Gasteiger partial charge is 0.336 e. The number of nitrogens with zero attached hydrogens (tertiary/aromatic N) is 3. The van der Waals surface area contributed by atoms with Crippen LogP contribution < -0.4 is 5.32 Å². The Bertz CT molecular complexity index is 966. The van der Waals surface area contributed by atoms with Crippen LogP contribution in [0.1, 0.15) is 45.9 Å². The molecule has 1 aliphatic carbocycles. The van der Waals surface area contributed by atoms with Gasteiger partial charge in [-0.2, -0.15) is 0 Å². The van der Waals surface area contributed by atoms with Gasteiger partial charge in [-0.25, -0.2) is 4.79 Å². The standard InChI is InChI=1S/C21H24N4O2/c1-12-7-13(2)19-16(8-12)17(9-18(23-19)14-3-4-14)20(26)24-5-6-25-15(11-24)10-22-21(25)27/h7-9,14-15H,3-6,10-11H2,1-2H3,(H,22,27). The van der Waals surface area contributed by atoms with Gasteiger partial charge in [0.2, 0.25) is 0 Å². The molecule has 3 fully saturated rings. The molecule has 3 aliphatic rings. The minimum absolute atomic E-state index is 0.0104. The lowest BCUT2D eigenvalue weighted by Gasteiger charge is -2.36. The lowest BCUT2D eigenvalue weighted by molar-refractivity contribution is 0.0618. The summed E-state index contributed by atoms with van der Waals surface area (Å²) in [4.78, 5) is 34.0. The van der Waals surface area contributed by atoms with Crippen molar-refractivity contribution in [1.29, 1.82) is 0 Å². The SMILES string of the molecule is Cc1cc(C)c2nc(C3CC3)cc(C(=O)N3CCN4C(=O)NCC4C3)c2c1. The zero-order valence-corrected chi connectivity index (χ0v) is 15.8. The highest BCUT2D eigenvalue weighted by Gasteiger charge is 2.37. The van der Waals surface area contributed by atoms with Crippen molar-refractivity contribution in [2.75, 3.05) is 26.2 Å². The maximum atomic E-state index is 13.5. The van der Waals surface area contributed by atoms with Crippen LogP contribution in [0.3, 0.4) is 0 Å². The van der Waals surface area contributed by atoms with E-state index in [0.29, 0.717) is 32.1 Å². The number of nitrogens with one attached hydrogen (secondary N) is 1. The molecule has 5 rings (SSSR count). The maximum Gasteiger partial charge on any atom is 0.317 e. The average molecular weight is 364 g/mol. The molecule has 6 heteroatoms. The van der Waals surface area contributed by atoms with E-state index in [1.165, 1.54) is 0 Å². The van der Waals surface area contributed by atoms with Crippen LogP contribution in [0.5, 0.6) is 0 Å². The molecule has 6 nitrogen and oxygen atoms in total. The first-order valence-electron chi connectivity index (χ1n) is 9.77. The van der Waals surface area contributed by atoms with Crippen LogP contribution in [-0.2, 0) is 0 Å². The highest BCUT2D eigenvalue weighted by Crippen LogP contribution is 2.40. The number of aryl methyl sites for hydroxylation is 2. The van der Waals surface area contributed by atoms with E-state index in [-0.39, 0.29) is 18.0 Å². The van der Waals surface area contributed by atoms with E-state index in [1.54, 1.807) is 0 Å². The van der Waals surface area contributed by atoms with Crippen molar-refractivity contribution in [3.63, 3.8) is 0 Å². The molecule has 0 radical (unpaired) electrons. The molecule has 2 aromatic rings. The summed E-state index contributed by atoms with van der Waals surface area (Å²) >= 11 is 0. The summed E-state index contributed by atoms with van der Waals surface area (Å²) < 4.78 is 0. The van der Waals surface area contributed by atoms with Crippen LogP contribution in [0, 0.1) is 13.8 Å². The van der Waals surface area contributed by atoms with Gasteiger partial charge in [-0.05, 0) is 44.4 Å². The molecule has 3 heterocycles. The Labute approximate surface area is 158 Å². The van der Waals surface area contributed by atoms with Crippen molar-refractivity contribution in [1.82, 2.24) is 20.1 Å². The second kappa shape index (κ2) is 5.94.